The van der Waals surface area contributed by atoms with E-state index in [1.807, 2.05) is 12.3 Å². The summed E-state index contributed by atoms with van der Waals surface area (Å²) in [5.74, 6) is 0. The third-order valence-electron chi connectivity index (χ3n) is 1.73. The smallest absolute Gasteiger partial charge is 0.189 e. The van der Waals surface area contributed by atoms with E-state index in [-0.39, 0.29) is 0 Å². The molecule has 1 heterocycles. The summed E-state index contributed by atoms with van der Waals surface area (Å²) in [4.78, 5) is 8.46. The van der Waals surface area contributed by atoms with E-state index >= 15 is 0 Å². The Labute approximate surface area is 98.2 Å². The number of halogens is 1. The lowest BCUT2D eigenvalue weighted by Gasteiger charge is -2.07. The molecule has 0 fully saturated rings. The van der Waals surface area contributed by atoms with Gasteiger partial charge in [0.25, 0.3) is 0 Å². The molecule has 1 aromatic rings. The van der Waals surface area contributed by atoms with Crippen molar-refractivity contribution in [1.29, 1.82) is 0 Å². The van der Waals surface area contributed by atoms with Gasteiger partial charge in [-0.2, -0.15) is 0 Å². The zero-order valence-electron chi connectivity index (χ0n) is 8.45. The average molecular weight is 249 g/mol. The third-order valence-corrected chi connectivity index (χ3v) is 3.66. The van der Waals surface area contributed by atoms with E-state index < -0.39 is 0 Å². The van der Waals surface area contributed by atoms with Crippen LogP contribution >= 0.6 is 35.1 Å². The molecule has 0 bridgehead atoms. The highest BCUT2D eigenvalue weighted by atomic mass is 35.5. The van der Waals surface area contributed by atoms with Crippen molar-refractivity contribution in [2.45, 2.75) is 35.7 Å². The van der Waals surface area contributed by atoms with Crippen LogP contribution in [0.2, 0.25) is 5.15 Å². The van der Waals surface area contributed by atoms with Gasteiger partial charge in [0.15, 0.2) is 5.16 Å². The van der Waals surface area contributed by atoms with E-state index in [9.17, 15) is 0 Å². The third kappa shape index (κ3) is 3.67. The van der Waals surface area contributed by atoms with Gasteiger partial charge in [0.1, 0.15) is 10.2 Å². The SMILES string of the molecule is CCC(C)Sc1cc(Cl)nc(SC)n1. The molecule has 0 aliphatic rings. The lowest BCUT2D eigenvalue weighted by atomic mass is 10.4. The molecule has 0 aromatic carbocycles. The van der Waals surface area contributed by atoms with Gasteiger partial charge in [0.2, 0.25) is 0 Å². The molecule has 0 saturated carbocycles. The molecule has 0 spiro atoms. The monoisotopic (exact) mass is 248 g/mol. The largest absolute Gasteiger partial charge is 0.216 e. The Bertz CT molecular complexity index is 307. The van der Waals surface area contributed by atoms with Gasteiger partial charge in [-0.25, -0.2) is 9.97 Å². The van der Waals surface area contributed by atoms with Crippen LogP contribution in [0.25, 0.3) is 0 Å². The second kappa shape index (κ2) is 5.83. The Balaban J connectivity index is 2.81. The first-order chi connectivity index (χ1) is 6.65. The number of rotatable bonds is 4. The van der Waals surface area contributed by atoms with Crippen LogP contribution in [0.3, 0.4) is 0 Å². The summed E-state index contributed by atoms with van der Waals surface area (Å²) in [7, 11) is 0. The number of nitrogens with zero attached hydrogens (tertiary/aromatic N) is 2. The van der Waals surface area contributed by atoms with Crippen molar-refractivity contribution in [3.63, 3.8) is 0 Å². The van der Waals surface area contributed by atoms with Crippen molar-refractivity contribution < 1.29 is 0 Å². The summed E-state index contributed by atoms with van der Waals surface area (Å²) in [5.41, 5.74) is 0. The Morgan fingerprint density at radius 1 is 1.50 bits per heavy atom. The molecule has 1 atom stereocenters. The molecule has 1 unspecified atom stereocenters. The first-order valence-corrected chi connectivity index (χ1v) is 6.89. The molecular weight excluding hydrogens is 236 g/mol. The predicted octanol–water partition coefficient (Wildman–Crippen LogP) is 3.74. The molecule has 78 valence electrons. The topological polar surface area (TPSA) is 25.8 Å². The Hall–Kier alpha value is 0.0700. The minimum atomic E-state index is 0.523. The second-order valence-corrected chi connectivity index (χ2v) is 5.47. The highest BCUT2D eigenvalue weighted by Crippen LogP contribution is 2.26. The molecular formula is C9H13ClN2S2. The molecule has 1 aromatic heterocycles. The first kappa shape index (κ1) is 12.1. The van der Waals surface area contributed by atoms with Crippen LogP contribution in [0.15, 0.2) is 16.2 Å². The summed E-state index contributed by atoms with van der Waals surface area (Å²) in [6, 6.07) is 1.82. The summed E-state index contributed by atoms with van der Waals surface area (Å²) < 4.78 is 0. The van der Waals surface area contributed by atoms with Crippen LogP contribution in [0.4, 0.5) is 0 Å². The van der Waals surface area contributed by atoms with Gasteiger partial charge in [-0.3, -0.25) is 0 Å². The van der Waals surface area contributed by atoms with Gasteiger partial charge in [0, 0.05) is 11.3 Å². The van der Waals surface area contributed by atoms with Gasteiger partial charge in [0.05, 0.1) is 0 Å². The molecule has 5 heteroatoms. The molecule has 0 N–H and O–H groups in total. The van der Waals surface area contributed by atoms with Crippen molar-refractivity contribution in [2.75, 3.05) is 6.26 Å². The van der Waals surface area contributed by atoms with Gasteiger partial charge in [-0.05, 0) is 12.7 Å². The predicted molar refractivity (Wildman–Crippen MR) is 64.4 cm³/mol. The molecule has 2 nitrogen and oxygen atoms in total. The van der Waals surface area contributed by atoms with Gasteiger partial charge >= 0.3 is 0 Å². The second-order valence-electron chi connectivity index (χ2n) is 2.85. The Morgan fingerprint density at radius 3 is 2.79 bits per heavy atom. The minimum Gasteiger partial charge on any atom is -0.216 e. The fourth-order valence-electron chi connectivity index (χ4n) is 0.818. The molecule has 0 aliphatic carbocycles. The lowest BCUT2D eigenvalue weighted by Crippen LogP contribution is -1.95. The molecule has 0 amide bonds. The van der Waals surface area contributed by atoms with Crippen LogP contribution in [0.5, 0.6) is 0 Å². The zero-order valence-corrected chi connectivity index (χ0v) is 10.8. The van der Waals surface area contributed by atoms with Gasteiger partial charge in [-0.1, -0.05) is 37.2 Å². The van der Waals surface area contributed by atoms with Crippen molar-refractivity contribution in [3.8, 4) is 0 Å². The van der Waals surface area contributed by atoms with E-state index in [1.165, 1.54) is 11.8 Å². The van der Waals surface area contributed by atoms with Crippen LogP contribution in [-0.4, -0.2) is 21.5 Å². The normalized spacial score (nSPS) is 12.9. The van der Waals surface area contributed by atoms with Crippen LogP contribution in [-0.2, 0) is 0 Å². The van der Waals surface area contributed by atoms with Crippen molar-refractivity contribution >= 4 is 35.1 Å². The van der Waals surface area contributed by atoms with E-state index in [1.54, 1.807) is 11.8 Å². The Morgan fingerprint density at radius 2 is 2.21 bits per heavy atom. The minimum absolute atomic E-state index is 0.523. The molecule has 0 aliphatic heterocycles. The van der Waals surface area contributed by atoms with E-state index in [2.05, 4.69) is 23.8 Å². The summed E-state index contributed by atoms with van der Waals surface area (Å²) in [6.07, 6.45) is 3.07. The van der Waals surface area contributed by atoms with E-state index in [4.69, 9.17) is 11.6 Å². The van der Waals surface area contributed by atoms with Crippen molar-refractivity contribution in [2.24, 2.45) is 0 Å². The summed E-state index contributed by atoms with van der Waals surface area (Å²) >= 11 is 9.13. The standard InChI is InChI=1S/C9H13ClN2S2/c1-4-6(2)14-8-5-7(10)11-9(12-8)13-3/h5-6H,4H2,1-3H3. The number of aromatic nitrogens is 2. The molecule has 1 rings (SSSR count). The van der Waals surface area contributed by atoms with Crippen molar-refractivity contribution in [1.82, 2.24) is 9.97 Å². The van der Waals surface area contributed by atoms with Gasteiger partial charge < -0.3 is 0 Å². The fraction of sp³-hybridized carbons (Fsp3) is 0.556. The number of thioether (sulfide) groups is 2. The number of hydrogen-bond donors (Lipinski definition) is 0. The maximum absolute atomic E-state index is 5.88. The van der Waals surface area contributed by atoms with E-state index in [0.717, 1.165) is 16.6 Å². The highest BCUT2D eigenvalue weighted by Gasteiger charge is 2.06. The first-order valence-electron chi connectivity index (χ1n) is 4.41. The molecule has 0 saturated heterocycles. The molecule has 14 heavy (non-hydrogen) atoms. The maximum Gasteiger partial charge on any atom is 0.189 e. The van der Waals surface area contributed by atoms with Crippen LogP contribution < -0.4 is 0 Å². The van der Waals surface area contributed by atoms with E-state index in [0.29, 0.717) is 10.4 Å². The summed E-state index contributed by atoms with van der Waals surface area (Å²) in [6.45, 7) is 4.34. The average Bonchev–Trinajstić information content (AvgIpc) is 2.16. The van der Waals surface area contributed by atoms with Crippen molar-refractivity contribution in [3.05, 3.63) is 11.2 Å². The van der Waals surface area contributed by atoms with Gasteiger partial charge in [-0.15, -0.1) is 11.8 Å². The molecule has 0 radical (unpaired) electrons. The Kier molecular flexibility index (Phi) is 5.06. The van der Waals surface area contributed by atoms with Crippen LogP contribution in [0.1, 0.15) is 20.3 Å². The highest BCUT2D eigenvalue weighted by molar-refractivity contribution is 8.00. The quantitative estimate of drug-likeness (QED) is 0.461. The lowest BCUT2D eigenvalue weighted by molar-refractivity contribution is 0.869. The van der Waals surface area contributed by atoms with Crippen LogP contribution in [0, 0.1) is 0 Å². The zero-order chi connectivity index (χ0) is 10.6. The fourth-order valence-corrected chi connectivity index (χ4v) is 2.45. The number of hydrogen-bond acceptors (Lipinski definition) is 4. The maximum atomic E-state index is 5.88. The summed E-state index contributed by atoms with van der Waals surface area (Å²) in [5, 5.41) is 2.79.